The second-order valence-electron chi connectivity index (χ2n) is 3.62. The van der Waals surface area contributed by atoms with Gasteiger partial charge >= 0.3 is 0 Å². The molecular formula is C12H10BrClN2OS. The Kier molecular flexibility index (Phi) is 4.27. The Labute approximate surface area is 122 Å². The minimum atomic E-state index is -0.164. The summed E-state index contributed by atoms with van der Waals surface area (Å²) >= 11 is 10.8. The minimum absolute atomic E-state index is 0.164. The van der Waals surface area contributed by atoms with E-state index in [0.717, 1.165) is 8.66 Å². The number of hydrogen-bond acceptors (Lipinski definition) is 3. The van der Waals surface area contributed by atoms with Crippen molar-refractivity contribution in [3.8, 4) is 0 Å². The smallest absolute Gasteiger partial charge is 0.251 e. The van der Waals surface area contributed by atoms with Crippen LogP contribution >= 0.6 is 38.9 Å². The van der Waals surface area contributed by atoms with Gasteiger partial charge in [-0.2, -0.15) is 0 Å². The third-order valence-electron chi connectivity index (χ3n) is 2.31. The number of nitrogens with one attached hydrogen (secondary N) is 1. The van der Waals surface area contributed by atoms with Crippen LogP contribution < -0.4 is 11.1 Å². The number of benzene rings is 1. The van der Waals surface area contributed by atoms with Crippen LogP contribution in [0.3, 0.4) is 0 Å². The molecule has 0 saturated heterocycles. The number of carbonyl (C=O) groups is 1. The summed E-state index contributed by atoms with van der Waals surface area (Å²) in [7, 11) is 0. The molecule has 1 aromatic carbocycles. The van der Waals surface area contributed by atoms with Gasteiger partial charge in [0, 0.05) is 10.4 Å². The van der Waals surface area contributed by atoms with Gasteiger partial charge in [0.15, 0.2) is 0 Å². The first-order valence-electron chi connectivity index (χ1n) is 5.13. The Hall–Kier alpha value is -1.04. The average Bonchev–Trinajstić information content (AvgIpc) is 2.75. The molecule has 0 bridgehead atoms. The van der Waals surface area contributed by atoms with Crippen molar-refractivity contribution in [3.63, 3.8) is 0 Å². The van der Waals surface area contributed by atoms with E-state index in [2.05, 4.69) is 21.2 Å². The Balaban J connectivity index is 2.01. The van der Waals surface area contributed by atoms with Gasteiger partial charge in [-0.15, -0.1) is 11.3 Å². The number of halogens is 2. The standard InChI is InChI=1S/C12H10BrClN2OS/c13-11-4-2-8(18-11)6-16-12(17)7-1-3-9(14)10(15)5-7/h1-5H,6,15H2,(H,16,17). The van der Waals surface area contributed by atoms with Crippen LogP contribution in [0.1, 0.15) is 15.2 Å². The van der Waals surface area contributed by atoms with E-state index in [4.69, 9.17) is 17.3 Å². The number of nitrogens with two attached hydrogens (primary N) is 1. The third kappa shape index (κ3) is 3.25. The number of nitrogen functional groups attached to an aromatic ring is 1. The second kappa shape index (κ2) is 5.73. The van der Waals surface area contributed by atoms with Crippen molar-refractivity contribution in [2.45, 2.75) is 6.54 Å². The van der Waals surface area contributed by atoms with Gasteiger partial charge in [0.05, 0.1) is 21.0 Å². The summed E-state index contributed by atoms with van der Waals surface area (Å²) in [6.45, 7) is 0.498. The van der Waals surface area contributed by atoms with E-state index < -0.39 is 0 Å². The van der Waals surface area contributed by atoms with E-state index in [9.17, 15) is 4.79 Å². The van der Waals surface area contributed by atoms with Crippen molar-refractivity contribution in [2.24, 2.45) is 0 Å². The van der Waals surface area contributed by atoms with E-state index in [1.807, 2.05) is 12.1 Å². The Morgan fingerprint density at radius 3 is 2.78 bits per heavy atom. The molecule has 0 fully saturated rings. The van der Waals surface area contributed by atoms with E-state index in [1.165, 1.54) is 0 Å². The van der Waals surface area contributed by atoms with Crippen LogP contribution in [0.25, 0.3) is 0 Å². The number of hydrogen-bond donors (Lipinski definition) is 2. The first kappa shape index (κ1) is 13.4. The molecule has 94 valence electrons. The van der Waals surface area contributed by atoms with Gasteiger partial charge in [0.1, 0.15) is 0 Å². The molecule has 0 spiro atoms. The lowest BCUT2D eigenvalue weighted by molar-refractivity contribution is 0.0951. The van der Waals surface area contributed by atoms with Crippen LogP contribution in [0.15, 0.2) is 34.1 Å². The highest BCUT2D eigenvalue weighted by molar-refractivity contribution is 9.11. The number of thiophene rings is 1. The zero-order valence-corrected chi connectivity index (χ0v) is 12.4. The SMILES string of the molecule is Nc1cc(C(=O)NCc2ccc(Br)s2)ccc1Cl. The molecular weight excluding hydrogens is 336 g/mol. The lowest BCUT2D eigenvalue weighted by Gasteiger charge is -2.05. The summed E-state index contributed by atoms with van der Waals surface area (Å²) in [5, 5.41) is 3.28. The molecule has 18 heavy (non-hydrogen) atoms. The predicted molar refractivity (Wildman–Crippen MR) is 79.1 cm³/mol. The zero-order chi connectivity index (χ0) is 13.1. The van der Waals surface area contributed by atoms with E-state index in [0.29, 0.717) is 22.8 Å². The summed E-state index contributed by atoms with van der Waals surface area (Å²) in [4.78, 5) is 13.0. The van der Waals surface area contributed by atoms with Gasteiger partial charge in [0.2, 0.25) is 0 Å². The third-order valence-corrected chi connectivity index (χ3v) is 4.28. The fraction of sp³-hybridized carbons (Fsp3) is 0.0833. The molecule has 6 heteroatoms. The first-order valence-corrected chi connectivity index (χ1v) is 7.12. The molecule has 0 unspecified atom stereocenters. The maximum Gasteiger partial charge on any atom is 0.251 e. The molecule has 3 nitrogen and oxygen atoms in total. The van der Waals surface area contributed by atoms with Crippen molar-refractivity contribution in [1.29, 1.82) is 0 Å². The highest BCUT2D eigenvalue weighted by atomic mass is 79.9. The molecule has 2 aromatic rings. The minimum Gasteiger partial charge on any atom is -0.398 e. The van der Waals surface area contributed by atoms with Crippen molar-refractivity contribution in [3.05, 3.63) is 49.6 Å². The monoisotopic (exact) mass is 344 g/mol. The van der Waals surface area contributed by atoms with Gasteiger partial charge in [0.25, 0.3) is 5.91 Å². The second-order valence-corrected chi connectivity index (χ2v) is 6.58. The molecule has 1 aromatic heterocycles. The largest absolute Gasteiger partial charge is 0.398 e. The molecule has 0 saturated carbocycles. The zero-order valence-electron chi connectivity index (χ0n) is 9.24. The quantitative estimate of drug-likeness (QED) is 0.834. The van der Waals surface area contributed by atoms with E-state index in [-0.39, 0.29) is 5.91 Å². The lowest BCUT2D eigenvalue weighted by atomic mass is 10.2. The number of anilines is 1. The highest BCUT2D eigenvalue weighted by Gasteiger charge is 2.07. The maximum atomic E-state index is 11.9. The lowest BCUT2D eigenvalue weighted by Crippen LogP contribution is -2.22. The summed E-state index contributed by atoms with van der Waals surface area (Å²) in [6, 6.07) is 8.76. The molecule has 1 amide bonds. The molecule has 0 aliphatic heterocycles. The van der Waals surface area contributed by atoms with Crippen LogP contribution in [0.5, 0.6) is 0 Å². The number of amides is 1. The first-order chi connectivity index (χ1) is 8.56. The van der Waals surface area contributed by atoms with Crippen molar-refractivity contribution < 1.29 is 4.79 Å². The van der Waals surface area contributed by atoms with Crippen molar-refractivity contribution in [2.75, 3.05) is 5.73 Å². The Morgan fingerprint density at radius 2 is 2.17 bits per heavy atom. The molecule has 1 heterocycles. The van der Waals surface area contributed by atoms with Gasteiger partial charge in [-0.3, -0.25) is 4.79 Å². The van der Waals surface area contributed by atoms with Gasteiger partial charge in [-0.25, -0.2) is 0 Å². The molecule has 0 atom stereocenters. The van der Waals surface area contributed by atoms with E-state index >= 15 is 0 Å². The van der Waals surface area contributed by atoms with E-state index in [1.54, 1.807) is 29.5 Å². The van der Waals surface area contributed by atoms with Gasteiger partial charge in [-0.05, 0) is 46.3 Å². The van der Waals surface area contributed by atoms with Crippen LogP contribution in [-0.2, 0) is 6.54 Å². The fourth-order valence-corrected chi connectivity index (χ4v) is 2.94. The van der Waals surface area contributed by atoms with Crippen molar-refractivity contribution >= 4 is 50.5 Å². The topological polar surface area (TPSA) is 55.1 Å². The molecule has 2 rings (SSSR count). The summed E-state index contributed by atoms with van der Waals surface area (Å²) in [5.74, 6) is -0.164. The van der Waals surface area contributed by atoms with Crippen LogP contribution in [0, 0.1) is 0 Å². The van der Waals surface area contributed by atoms with Crippen LogP contribution in [-0.4, -0.2) is 5.91 Å². The molecule has 0 aliphatic rings. The molecule has 0 radical (unpaired) electrons. The fourth-order valence-electron chi connectivity index (χ4n) is 1.40. The molecule has 0 aliphatic carbocycles. The number of carbonyl (C=O) groups excluding carboxylic acids is 1. The normalized spacial score (nSPS) is 10.3. The average molecular weight is 346 g/mol. The van der Waals surface area contributed by atoms with Crippen LogP contribution in [0.2, 0.25) is 5.02 Å². The van der Waals surface area contributed by atoms with Crippen LogP contribution in [0.4, 0.5) is 5.69 Å². The summed E-state index contributed by atoms with van der Waals surface area (Å²) in [5.41, 5.74) is 6.57. The molecule has 3 N–H and O–H groups in total. The maximum absolute atomic E-state index is 11.9. The number of rotatable bonds is 3. The highest BCUT2D eigenvalue weighted by Crippen LogP contribution is 2.22. The summed E-state index contributed by atoms with van der Waals surface area (Å²) < 4.78 is 1.04. The van der Waals surface area contributed by atoms with Gasteiger partial charge in [-0.1, -0.05) is 11.6 Å². The summed E-state index contributed by atoms with van der Waals surface area (Å²) in [6.07, 6.45) is 0. The Bertz CT molecular complexity index is 585. The Morgan fingerprint density at radius 1 is 1.39 bits per heavy atom. The predicted octanol–water partition coefficient (Wildman–Crippen LogP) is 3.68. The van der Waals surface area contributed by atoms with Gasteiger partial charge < -0.3 is 11.1 Å². The van der Waals surface area contributed by atoms with Crippen molar-refractivity contribution in [1.82, 2.24) is 5.32 Å².